The van der Waals surface area contributed by atoms with Crippen LogP contribution in [-0.2, 0) is 9.53 Å². The second kappa shape index (κ2) is 10.5. The fourth-order valence-electron chi connectivity index (χ4n) is 7.54. The number of ether oxygens (including phenoxy) is 1. The molecule has 5 fully saturated rings. The lowest BCUT2D eigenvalue weighted by atomic mass is 9.66. The zero-order valence-electron chi connectivity index (χ0n) is 21.5. The van der Waals surface area contributed by atoms with E-state index in [9.17, 15) is 9.18 Å². The molecule has 200 valence electrons. The Bertz CT molecular complexity index is 755. The van der Waals surface area contributed by atoms with Crippen molar-refractivity contribution < 1.29 is 13.9 Å². The normalized spacial score (nSPS) is 40.6. The maximum Gasteiger partial charge on any atom is 0.227 e. The van der Waals surface area contributed by atoms with Crippen molar-refractivity contribution >= 4 is 5.91 Å². The molecule has 5 saturated heterocycles. The minimum Gasteiger partial charge on any atom is -0.378 e. The van der Waals surface area contributed by atoms with Crippen molar-refractivity contribution in [1.29, 1.82) is 0 Å². The zero-order valence-corrected chi connectivity index (χ0v) is 21.5. The molecule has 0 aromatic rings. The third kappa shape index (κ3) is 4.87. The molecule has 5 aliphatic heterocycles. The standard InChI is InChI=1S/C25H46FN7O2/c1-3-25-6-4-17(26)13-33(25)21(10-25)22(23(27)28)24(34)30-19-11-29-7-5-20(19)32-9-8-31(12-16(32)2)18-14-35-15-18/h16-23,29H,3-15,27-28H2,1-2H3,(H,30,34)/t16-,17?,19?,20?,21?,22?,25?/m0/s1. The number of nitrogens with zero attached hydrogens (tertiary/aromatic N) is 3. The van der Waals surface area contributed by atoms with Gasteiger partial charge < -0.3 is 26.8 Å². The van der Waals surface area contributed by atoms with E-state index in [2.05, 4.69) is 39.2 Å². The van der Waals surface area contributed by atoms with E-state index in [0.717, 1.165) is 71.6 Å². The smallest absolute Gasteiger partial charge is 0.227 e. The molecule has 1 amide bonds. The maximum atomic E-state index is 14.3. The first-order valence-corrected chi connectivity index (χ1v) is 13.8. The Balaban J connectivity index is 1.24. The Morgan fingerprint density at radius 3 is 2.71 bits per heavy atom. The minimum absolute atomic E-state index is 0.00447. The first-order valence-electron chi connectivity index (χ1n) is 13.8. The molecule has 7 atom stereocenters. The molecule has 9 nitrogen and oxygen atoms in total. The molecule has 0 aliphatic carbocycles. The van der Waals surface area contributed by atoms with Crippen LogP contribution in [0.1, 0.15) is 46.0 Å². The van der Waals surface area contributed by atoms with Gasteiger partial charge in [0.05, 0.1) is 37.4 Å². The van der Waals surface area contributed by atoms with E-state index >= 15 is 0 Å². The molecule has 5 heterocycles. The summed E-state index contributed by atoms with van der Waals surface area (Å²) in [5, 5.41) is 6.82. The molecule has 6 N–H and O–H groups in total. The van der Waals surface area contributed by atoms with Crippen LogP contribution >= 0.6 is 0 Å². The molecular formula is C25H46FN7O2. The Labute approximate surface area is 209 Å². The van der Waals surface area contributed by atoms with Gasteiger partial charge in [0.1, 0.15) is 6.17 Å². The van der Waals surface area contributed by atoms with Crippen LogP contribution in [0.5, 0.6) is 0 Å². The molecule has 0 spiro atoms. The minimum atomic E-state index is -0.839. The molecule has 0 aromatic carbocycles. The summed E-state index contributed by atoms with van der Waals surface area (Å²) in [5.41, 5.74) is 12.4. The summed E-state index contributed by atoms with van der Waals surface area (Å²) in [6.07, 6.45) is 2.69. The van der Waals surface area contributed by atoms with Crippen LogP contribution in [0.3, 0.4) is 0 Å². The Kier molecular flexibility index (Phi) is 7.71. The largest absolute Gasteiger partial charge is 0.378 e. The summed E-state index contributed by atoms with van der Waals surface area (Å²) in [6, 6.07) is 1.18. The van der Waals surface area contributed by atoms with Crippen LogP contribution < -0.4 is 22.1 Å². The number of piperidine rings is 2. The molecule has 0 saturated carbocycles. The fourth-order valence-corrected chi connectivity index (χ4v) is 7.54. The lowest BCUT2D eigenvalue weighted by Crippen LogP contribution is -2.75. The van der Waals surface area contributed by atoms with Gasteiger partial charge in [-0.25, -0.2) is 4.39 Å². The number of piperazine rings is 1. The Hall–Kier alpha value is -0.880. The third-order valence-electron chi connectivity index (χ3n) is 9.75. The highest BCUT2D eigenvalue weighted by molar-refractivity contribution is 5.80. The van der Waals surface area contributed by atoms with Gasteiger partial charge >= 0.3 is 0 Å². The summed E-state index contributed by atoms with van der Waals surface area (Å²) < 4.78 is 19.7. The van der Waals surface area contributed by atoms with E-state index in [1.807, 2.05) is 0 Å². The summed E-state index contributed by atoms with van der Waals surface area (Å²) in [6.45, 7) is 11.3. The quantitative estimate of drug-likeness (QED) is 0.348. The third-order valence-corrected chi connectivity index (χ3v) is 9.75. The van der Waals surface area contributed by atoms with Gasteiger partial charge in [-0.3, -0.25) is 19.5 Å². The van der Waals surface area contributed by atoms with Crippen LogP contribution in [0, 0.1) is 5.92 Å². The SMILES string of the molecule is CCC12CCC(F)CN1C(C(C(=O)NC1CNCCC1N1CCN(C3COC3)C[C@@H]1C)C(N)N)C2. The first-order chi connectivity index (χ1) is 16.8. The molecule has 0 radical (unpaired) electrons. The number of hydrogen-bond acceptors (Lipinski definition) is 8. The van der Waals surface area contributed by atoms with Crippen LogP contribution in [-0.4, -0.2) is 121 Å². The first kappa shape index (κ1) is 25.8. The van der Waals surface area contributed by atoms with E-state index in [4.69, 9.17) is 16.2 Å². The summed E-state index contributed by atoms with van der Waals surface area (Å²) in [7, 11) is 0. The number of amides is 1. The highest BCUT2D eigenvalue weighted by Gasteiger charge is 2.57. The second-order valence-corrected chi connectivity index (χ2v) is 11.7. The molecule has 6 unspecified atom stereocenters. The number of nitrogens with two attached hydrogens (primary N) is 2. The predicted molar refractivity (Wildman–Crippen MR) is 133 cm³/mol. The van der Waals surface area contributed by atoms with E-state index < -0.39 is 18.3 Å². The number of hydrogen-bond donors (Lipinski definition) is 4. The monoisotopic (exact) mass is 495 g/mol. The maximum absolute atomic E-state index is 14.3. The molecule has 0 bridgehead atoms. The number of rotatable bonds is 7. The van der Waals surface area contributed by atoms with E-state index in [1.54, 1.807) is 0 Å². The van der Waals surface area contributed by atoms with Crippen LogP contribution in [0.4, 0.5) is 4.39 Å². The van der Waals surface area contributed by atoms with Crippen molar-refractivity contribution in [1.82, 2.24) is 25.3 Å². The number of fused-ring (bicyclic) bond motifs is 1. The van der Waals surface area contributed by atoms with Gasteiger partial charge in [-0.15, -0.1) is 0 Å². The van der Waals surface area contributed by atoms with Crippen LogP contribution in [0.2, 0.25) is 0 Å². The molecule has 5 aliphatic rings. The van der Waals surface area contributed by atoms with Crippen LogP contribution in [0.15, 0.2) is 0 Å². The molecule has 0 aromatic heterocycles. The topological polar surface area (TPSA) is 112 Å². The predicted octanol–water partition coefficient (Wildman–Crippen LogP) is -0.547. The summed E-state index contributed by atoms with van der Waals surface area (Å²) in [5.74, 6) is -0.609. The van der Waals surface area contributed by atoms with Gasteiger partial charge in [0.2, 0.25) is 5.91 Å². The van der Waals surface area contributed by atoms with Crippen molar-refractivity contribution in [2.75, 3.05) is 52.5 Å². The highest BCUT2D eigenvalue weighted by atomic mass is 19.1. The summed E-state index contributed by atoms with van der Waals surface area (Å²) in [4.78, 5) is 21.0. The lowest BCUT2D eigenvalue weighted by molar-refractivity contribution is -0.158. The van der Waals surface area contributed by atoms with Gasteiger partial charge in [-0.1, -0.05) is 6.92 Å². The van der Waals surface area contributed by atoms with E-state index in [-0.39, 0.29) is 29.6 Å². The van der Waals surface area contributed by atoms with Crippen molar-refractivity contribution in [3.63, 3.8) is 0 Å². The molecule has 5 rings (SSSR count). The van der Waals surface area contributed by atoms with Crippen LogP contribution in [0.25, 0.3) is 0 Å². The van der Waals surface area contributed by atoms with E-state index in [0.29, 0.717) is 25.0 Å². The number of carbonyl (C=O) groups excluding carboxylic acids is 1. The fraction of sp³-hybridized carbons (Fsp3) is 0.960. The second-order valence-electron chi connectivity index (χ2n) is 11.7. The Morgan fingerprint density at radius 1 is 1.26 bits per heavy atom. The number of nitrogens with one attached hydrogen (secondary N) is 2. The van der Waals surface area contributed by atoms with Gasteiger partial charge in [0.25, 0.3) is 0 Å². The summed E-state index contributed by atoms with van der Waals surface area (Å²) >= 11 is 0. The van der Waals surface area contributed by atoms with Crippen molar-refractivity contribution in [3.05, 3.63) is 0 Å². The van der Waals surface area contributed by atoms with Gasteiger partial charge in [-0.05, 0) is 45.6 Å². The number of halogens is 1. The van der Waals surface area contributed by atoms with Crippen molar-refractivity contribution in [2.24, 2.45) is 17.4 Å². The number of carbonyl (C=O) groups is 1. The van der Waals surface area contributed by atoms with Gasteiger partial charge in [0.15, 0.2) is 0 Å². The lowest BCUT2D eigenvalue weighted by Gasteiger charge is -2.63. The molecule has 35 heavy (non-hydrogen) atoms. The average molecular weight is 496 g/mol. The van der Waals surface area contributed by atoms with Crippen molar-refractivity contribution in [2.45, 2.75) is 94.0 Å². The van der Waals surface area contributed by atoms with Crippen molar-refractivity contribution in [3.8, 4) is 0 Å². The molecular weight excluding hydrogens is 449 g/mol. The van der Waals surface area contributed by atoms with Gasteiger partial charge in [-0.2, -0.15) is 0 Å². The van der Waals surface area contributed by atoms with Gasteiger partial charge in [0, 0.05) is 56.4 Å². The zero-order chi connectivity index (χ0) is 24.7. The average Bonchev–Trinajstić information content (AvgIpc) is 2.78. The van der Waals surface area contributed by atoms with E-state index in [1.165, 1.54) is 0 Å². The highest BCUT2D eigenvalue weighted by Crippen LogP contribution is 2.49. The number of alkyl halides is 1. The molecule has 10 heteroatoms. The Morgan fingerprint density at radius 2 is 2.06 bits per heavy atom.